The number of carbonyl (C=O) groups is 1. The molecule has 0 spiro atoms. The predicted molar refractivity (Wildman–Crippen MR) is 59.1 cm³/mol. The van der Waals surface area contributed by atoms with E-state index in [1.165, 1.54) is 0 Å². The fourth-order valence-electron chi connectivity index (χ4n) is 1.05. The Balaban J connectivity index is 3.44. The number of carbonyl (C=O) groups excluding carboxylic acids is 1. The third-order valence-corrected chi connectivity index (χ3v) is 3.06. The van der Waals surface area contributed by atoms with Crippen LogP contribution in [0.4, 0.5) is 0 Å². The second-order valence-electron chi connectivity index (χ2n) is 3.11. The molecule has 0 heterocycles. The first kappa shape index (κ1) is 14.9. The van der Waals surface area contributed by atoms with Gasteiger partial charge in [-0.1, -0.05) is 18.8 Å². The van der Waals surface area contributed by atoms with E-state index in [4.69, 9.17) is 6.42 Å². The van der Waals surface area contributed by atoms with Crippen molar-refractivity contribution in [1.82, 2.24) is 0 Å². The van der Waals surface area contributed by atoms with Crippen LogP contribution in [0, 0.1) is 12.3 Å². The van der Waals surface area contributed by atoms with Gasteiger partial charge in [0.15, 0.2) is 0 Å². The average molecular weight is 248 g/mol. The first-order valence-corrected chi connectivity index (χ1v) is 6.56. The minimum Gasteiger partial charge on any atom is -0.468 e. The van der Waals surface area contributed by atoms with Gasteiger partial charge in [0.1, 0.15) is 6.61 Å². The van der Waals surface area contributed by atoms with Crippen LogP contribution in [0.3, 0.4) is 0 Å². The lowest BCUT2D eigenvalue weighted by molar-refractivity contribution is -0.128. The highest BCUT2D eigenvalue weighted by molar-refractivity contribution is 7.86. The molecule has 92 valence electrons. The van der Waals surface area contributed by atoms with Crippen LogP contribution in [-0.2, 0) is 23.8 Å². The smallest absolute Gasteiger partial charge is 0.293 e. The predicted octanol–water partition coefficient (Wildman–Crippen LogP) is 0.699. The SMILES string of the molecule is C#CCOS(=O)(=O)CCCCCCOC=O. The lowest BCUT2D eigenvalue weighted by Gasteiger charge is -2.02. The third kappa shape index (κ3) is 9.49. The van der Waals surface area contributed by atoms with Crippen molar-refractivity contribution in [2.75, 3.05) is 19.0 Å². The number of unbranched alkanes of at least 4 members (excludes halogenated alkanes) is 3. The second kappa shape index (κ2) is 9.19. The Kier molecular flexibility index (Phi) is 8.58. The molecular formula is C10H16O5S. The van der Waals surface area contributed by atoms with Crippen LogP contribution in [0.1, 0.15) is 25.7 Å². The molecule has 5 nitrogen and oxygen atoms in total. The lowest BCUT2D eigenvalue weighted by atomic mass is 10.2. The van der Waals surface area contributed by atoms with Gasteiger partial charge in [-0.2, -0.15) is 8.42 Å². The topological polar surface area (TPSA) is 69.7 Å². The molecular weight excluding hydrogens is 232 g/mol. The molecule has 0 atom stereocenters. The number of hydrogen-bond acceptors (Lipinski definition) is 5. The Morgan fingerprint density at radius 2 is 1.88 bits per heavy atom. The van der Waals surface area contributed by atoms with E-state index in [2.05, 4.69) is 14.8 Å². The Hall–Kier alpha value is -1.06. The maximum absolute atomic E-state index is 11.1. The molecule has 0 aromatic carbocycles. The standard InChI is InChI=1S/C10H16O5S/c1-2-7-15-16(12,13)9-6-4-3-5-8-14-10-11/h1,10H,3-9H2. The molecule has 0 fully saturated rings. The Labute approximate surface area is 96.2 Å². The normalized spacial score (nSPS) is 10.7. The molecule has 0 rings (SSSR count). The van der Waals surface area contributed by atoms with E-state index in [9.17, 15) is 13.2 Å². The molecule has 0 amide bonds. The highest BCUT2D eigenvalue weighted by atomic mass is 32.2. The lowest BCUT2D eigenvalue weighted by Crippen LogP contribution is -2.10. The average Bonchev–Trinajstić information content (AvgIpc) is 2.25. The summed E-state index contributed by atoms with van der Waals surface area (Å²) in [7, 11) is -3.47. The van der Waals surface area contributed by atoms with Gasteiger partial charge < -0.3 is 4.74 Å². The molecule has 0 bridgehead atoms. The summed E-state index contributed by atoms with van der Waals surface area (Å²) in [4.78, 5) is 9.79. The van der Waals surface area contributed by atoms with Gasteiger partial charge in [0.2, 0.25) is 0 Å². The molecule has 0 aliphatic carbocycles. The molecule has 0 unspecified atom stereocenters. The fourth-order valence-corrected chi connectivity index (χ4v) is 1.97. The maximum atomic E-state index is 11.1. The summed E-state index contributed by atoms with van der Waals surface area (Å²) in [6.07, 6.45) is 7.71. The number of terminal acetylenes is 1. The van der Waals surface area contributed by atoms with E-state index < -0.39 is 10.1 Å². The van der Waals surface area contributed by atoms with Crippen molar-refractivity contribution in [2.24, 2.45) is 0 Å². The van der Waals surface area contributed by atoms with Gasteiger partial charge in [0.25, 0.3) is 16.6 Å². The molecule has 0 aliphatic rings. The summed E-state index contributed by atoms with van der Waals surface area (Å²) in [5, 5.41) is 0. The van der Waals surface area contributed by atoms with Gasteiger partial charge in [0, 0.05) is 0 Å². The Morgan fingerprint density at radius 1 is 1.19 bits per heavy atom. The Morgan fingerprint density at radius 3 is 2.50 bits per heavy atom. The molecule has 0 saturated heterocycles. The van der Waals surface area contributed by atoms with Crippen molar-refractivity contribution < 1.29 is 22.1 Å². The summed E-state index contributed by atoms with van der Waals surface area (Å²) >= 11 is 0. The largest absolute Gasteiger partial charge is 0.468 e. The van der Waals surface area contributed by atoms with E-state index >= 15 is 0 Å². The highest BCUT2D eigenvalue weighted by Crippen LogP contribution is 2.04. The summed E-state index contributed by atoms with van der Waals surface area (Å²) in [5.41, 5.74) is 0. The second-order valence-corrected chi connectivity index (χ2v) is 4.87. The van der Waals surface area contributed by atoms with E-state index in [0.717, 1.165) is 19.3 Å². The first-order chi connectivity index (χ1) is 7.62. The first-order valence-electron chi connectivity index (χ1n) is 4.98. The van der Waals surface area contributed by atoms with Gasteiger partial charge in [0.05, 0.1) is 12.4 Å². The van der Waals surface area contributed by atoms with E-state index in [0.29, 0.717) is 19.5 Å². The van der Waals surface area contributed by atoms with E-state index in [1.54, 1.807) is 0 Å². The van der Waals surface area contributed by atoms with Crippen LogP contribution in [-0.4, -0.2) is 33.9 Å². The van der Waals surface area contributed by atoms with Crippen molar-refractivity contribution in [2.45, 2.75) is 25.7 Å². The van der Waals surface area contributed by atoms with Gasteiger partial charge in [-0.15, -0.1) is 6.42 Å². The minimum atomic E-state index is -3.47. The number of rotatable bonds is 10. The fraction of sp³-hybridized carbons (Fsp3) is 0.700. The number of hydrogen-bond donors (Lipinski definition) is 0. The van der Waals surface area contributed by atoms with Crippen LogP contribution >= 0.6 is 0 Å². The summed E-state index contributed by atoms with van der Waals surface area (Å²) in [6, 6.07) is 0. The van der Waals surface area contributed by atoms with Crippen LogP contribution in [0.2, 0.25) is 0 Å². The van der Waals surface area contributed by atoms with Crippen LogP contribution in [0.15, 0.2) is 0 Å². The minimum absolute atomic E-state index is 0.0246. The monoisotopic (exact) mass is 248 g/mol. The van der Waals surface area contributed by atoms with Crippen molar-refractivity contribution in [3.8, 4) is 12.3 Å². The molecule has 16 heavy (non-hydrogen) atoms. The van der Waals surface area contributed by atoms with Gasteiger partial charge in [-0.25, -0.2) is 0 Å². The van der Waals surface area contributed by atoms with Crippen molar-refractivity contribution in [3.05, 3.63) is 0 Å². The molecule has 0 aromatic heterocycles. The zero-order valence-electron chi connectivity index (χ0n) is 9.05. The quantitative estimate of drug-likeness (QED) is 0.246. The summed E-state index contributed by atoms with van der Waals surface area (Å²) in [5.74, 6) is 2.07. The molecule has 0 saturated carbocycles. The molecule has 0 radical (unpaired) electrons. The summed E-state index contributed by atoms with van der Waals surface area (Å²) in [6.45, 7) is 0.567. The van der Waals surface area contributed by atoms with Gasteiger partial charge in [-0.3, -0.25) is 8.98 Å². The van der Waals surface area contributed by atoms with E-state index in [-0.39, 0.29) is 12.4 Å². The maximum Gasteiger partial charge on any atom is 0.293 e. The highest BCUT2D eigenvalue weighted by Gasteiger charge is 2.09. The van der Waals surface area contributed by atoms with Crippen LogP contribution in [0.5, 0.6) is 0 Å². The zero-order chi connectivity index (χ0) is 12.3. The summed E-state index contributed by atoms with van der Waals surface area (Å²) < 4.78 is 31.2. The van der Waals surface area contributed by atoms with Crippen molar-refractivity contribution >= 4 is 16.6 Å². The van der Waals surface area contributed by atoms with Gasteiger partial charge >= 0.3 is 0 Å². The van der Waals surface area contributed by atoms with Crippen molar-refractivity contribution in [1.29, 1.82) is 0 Å². The molecule has 0 N–H and O–H groups in total. The third-order valence-electron chi connectivity index (χ3n) is 1.80. The van der Waals surface area contributed by atoms with Gasteiger partial charge in [-0.05, 0) is 12.8 Å². The van der Waals surface area contributed by atoms with Crippen LogP contribution in [0.25, 0.3) is 0 Å². The Bertz CT molecular complexity index is 315. The van der Waals surface area contributed by atoms with Crippen molar-refractivity contribution in [3.63, 3.8) is 0 Å². The molecule has 0 aliphatic heterocycles. The zero-order valence-corrected chi connectivity index (χ0v) is 9.87. The van der Waals surface area contributed by atoms with E-state index in [1.807, 2.05) is 0 Å². The molecule has 6 heteroatoms. The molecule has 0 aromatic rings. The van der Waals surface area contributed by atoms with Crippen LogP contribution < -0.4 is 0 Å². The number of ether oxygens (including phenoxy) is 1.